The highest BCUT2D eigenvalue weighted by Crippen LogP contribution is 2.45. The monoisotopic (exact) mass is 617 g/mol. The van der Waals surface area contributed by atoms with E-state index in [4.69, 9.17) is 23.2 Å². The summed E-state index contributed by atoms with van der Waals surface area (Å²) in [5.74, 6) is -2.26. The van der Waals surface area contributed by atoms with E-state index in [0.717, 1.165) is 35.4 Å². The van der Waals surface area contributed by atoms with Gasteiger partial charge < -0.3 is 5.11 Å². The van der Waals surface area contributed by atoms with Crippen LogP contribution in [0.4, 0.5) is 10.8 Å². The van der Waals surface area contributed by atoms with E-state index in [1.165, 1.54) is 0 Å². The van der Waals surface area contributed by atoms with E-state index < -0.39 is 38.3 Å². The number of nitro groups is 1. The van der Waals surface area contributed by atoms with Gasteiger partial charge in [-0.1, -0.05) is 52.7 Å². The highest BCUT2D eigenvalue weighted by molar-refractivity contribution is 7.93. The summed E-state index contributed by atoms with van der Waals surface area (Å²) in [4.78, 5) is 42.3. The predicted octanol–water partition coefficient (Wildman–Crippen LogP) is 5.85. The maximum absolute atomic E-state index is 13.6. The number of anilines is 1. The van der Waals surface area contributed by atoms with Crippen LogP contribution in [0.2, 0.25) is 5.02 Å². The number of allylic oxidation sites excluding steroid dienone is 4. The van der Waals surface area contributed by atoms with Gasteiger partial charge in [0.05, 0.1) is 27.6 Å². The molecule has 2 aromatic carbocycles. The van der Waals surface area contributed by atoms with E-state index in [0.29, 0.717) is 45.4 Å². The Bertz CT molecular complexity index is 1760. The minimum Gasteiger partial charge on any atom is -0.503 e. The summed E-state index contributed by atoms with van der Waals surface area (Å²) >= 11 is 12.7. The number of non-ortho nitro benzene ring substituents is 1. The number of hydrogen-bond acceptors (Lipinski definition) is 9. The first kappa shape index (κ1) is 27.7. The highest BCUT2D eigenvalue weighted by Gasteiger charge is 2.46. The van der Waals surface area contributed by atoms with Crippen LogP contribution in [-0.2, 0) is 19.4 Å². The Balaban J connectivity index is 1.56. The first-order valence-corrected chi connectivity index (χ1v) is 14.6. The van der Waals surface area contributed by atoms with Crippen molar-refractivity contribution < 1.29 is 28.0 Å². The number of amides is 1. The van der Waals surface area contributed by atoms with Gasteiger partial charge in [0.2, 0.25) is 9.84 Å². The molecular formula is C26H17Cl2N3O7S2. The van der Waals surface area contributed by atoms with E-state index in [-0.39, 0.29) is 25.5 Å². The molecule has 1 unspecified atom stereocenters. The van der Waals surface area contributed by atoms with Crippen LogP contribution in [0.25, 0.3) is 0 Å². The number of hydrogen-bond donors (Lipinski definition) is 1. The van der Waals surface area contributed by atoms with E-state index in [9.17, 15) is 33.2 Å². The number of benzene rings is 2. The molecule has 2 heterocycles. The van der Waals surface area contributed by atoms with Crippen LogP contribution >= 0.6 is 34.5 Å². The largest absolute Gasteiger partial charge is 0.503 e. The number of thiazole rings is 1. The highest BCUT2D eigenvalue weighted by atomic mass is 35.5. The molecule has 10 nitrogen and oxygen atoms in total. The average Bonchev–Trinajstić information content (AvgIpc) is 3.53. The molecular weight excluding hydrogens is 601 g/mol. The lowest BCUT2D eigenvalue weighted by Crippen LogP contribution is -2.31. The molecule has 1 aromatic heterocycles. The lowest BCUT2D eigenvalue weighted by molar-refractivity contribution is -0.384. The fraction of sp³-hybridized carbons (Fsp3) is 0.115. The number of nitro benzene ring substituents is 1. The van der Waals surface area contributed by atoms with Gasteiger partial charge in [-0.15, -0.1) is 0 Å². The molecule has 40 heavy (non-hydrogen) atoms. The standard InChI is InChI=1S/C26H17Cl2N3O7S2/c27-16-5-1-14(2-6-16)22-21(23(32)15-3-7-17(28)8-4-15)24(33)25(34)30(22)26-29-13-20(39-26)40(37,38)19-11-9-18(10-12-19)31(35)36/h1-3,5-7,9-13,22,33H,4,8H2. The predicted molar refractivity (Wildman–Crippen MR) is 148 cm³/mol. The zero-order chi connectivity index (χ0) is 28.8. The van der Waals surface area contributed by atoms with Crippen molar-refractivity contribution in [2.75, 3.05) is 4.90 Å². The third-order valence-corrected chi connectivity index (χ3v) is 10.1. The number of ketones is 1. The molecule has 1 aliphatic carbocycles. The number of aromatic nitrogens is 1. The molecule has 1 aliphatic heterocycles. The van der Waals surface area contributed by atoms with Crippen molar-refractivity contribution in [3.05, 3.63) is 110 Å². The van der Waals surface area contributed by atoms with Gasteiger partial charge in [0, 0.05) is 27.8 Å². The fourth-order valence-corrected chi connectivity index (χ4v) is 7.15. The van der Waals surface area contributed by atoms with E-state index in [2.05, 4.69) is 4.98 Å². The summed E-state index contributed by atoms with van der Waals surface area (Å²) in [5.41, 5.74) is 0.326. The van der Waals surface area contributed by atoms with Gasteiger partial charge in [0.15, 0.2) is 16.7 Å². The van der Waals surface area contributed by atoms with Gasteiger partial charge in [0.25, 0.3) is 11.6 Å². The van der Waals surface area contributed by atoms with Crippen molar-refractivity contribution >= 4 is 66.9 Å². The molecule has 0 radical (unpaired) electrons. The second-order valence-electron chi connectivity index (χ2n) is 8.74. The second kappa shape index (κ2) is 10.6. The molecule has 1 N–H and O–H groups in total. The van der Waals surface area contributed by atoms with Crippen LogP contribution in [0, 0.1) is 10.1 Å². The quantitative estimate of drug-likeness (QED) is 0.256. The molecule has 2 aliphatic rings. The minimum absolute atomic E-state index is 0.0830. The number of aliphatic hydroxyl groups is 1. The maximum Gasteiger partial charge on any atom is 0.296 e. The SMILES string of the molecule is O=C(C1=CC=C(Cl)CC1)C1=C(O)C(=O)N(c2ncc(S(=O)(=O)c3ccc([N+](=O)[O-])cc3)s2)C1c1ccc(Cl)cc1. The van der Waals surface area contributed by atoms with Crippen molar-refractivity contribution in [3.8, 4) is 0 Å². The number of halogens is 2. The smallest absolute Gasteiger partial charge is 0.296 e. The molecule has 14 heteroatoms. The third-order valence-electron chi connectivity index (χ3n) is 6.33. The fourth-order valence-electron chi connectivity index (χ4n) is 4.32. The summed E-state index contributed by atoms with van der Waals surface area (Å²) in [6.45, 7) is 0. The lowest BCUT2D eigenvalue weighted by Gasteiger charge is -2.25. The summed E-state index contributed by atoms with van der Waals surface area (Å²) in [6.07, 6.45) is 4.90. The van der Waals surface area contributed by atoms with Gasteiger partial charge >= 0.3 is 0 Å². The number of Topliss-reactive ketones (excluding diaryl/α,β-unsaturated/α-hetero) is 1. The first-order valence-electron chi connectivity index (χ1n) is 11.6. The average molecular weight is 618 g/mol. The van der Waals surface area contributed by atoms with Crippen LogP contribution in [0.15, 0.2) is 97.9 Å². The molecule has 204 valence electrons. The molecule has 3 aromatic rings. The lowest BCUT2D eigenvalue weighted by atomic mass is 9.89. The summed E-state index contributed by atoms with van der Waals surface area (Å²) in [7, 11) is -4.15. The molecule has 0 saturated carbocycles. The van der Waals surface area contributed by atoms with Crippen LogP contribution in [-0.4, -0.2) is 35.1 Å². The molecule has 0 saturated heterocycles. The number of carbonyl (C=O) groups excluding carboxylic acids is 2. The summed E-state index contributed by atoms with van der Waals surface area (Å²) in [5, 5.41) is 22.7. The number of nitrogens with zero attached hydrogens (tertiary/aromatic N) is 3. The van der Waals surface area contributed by atoms with Crippen LogP contribution in [0.3, 0.4) is 0 Å². The molecule has 1 atom stereocenters. The Labute approximate surface area is 241 Å². The van der Waals surface area contributed by atoms with Crippen molar-refractivity contribution in [2.45, 2.75) is 28.0 Å². The molecule has 0 fully saturated rings. The molecule has 1 amide bonds. The van der Waals surface area contributed by atoms with Crippen LogP contribution in [0.5, 0.6) is 0 Å². The Hall–Kier alpha value is -3.84. The number of aliphatic hydroxyl groups excluding tert-OH is 1. The van der Waals surface area contributed by atoms with Gasteiger partial charge in [0.1, 0.15) is 4.21 Å². The maximum atomic E-state index is 13.6. The van der Waals surface area contributed by atoms with Crippen LogP contribution < -0.4 is 4.90 Å². The van der Waals surface area contributed by atoms with E-state index in [1.807, 2.05) is 0 Å². The van der Waals surface area contributed by atoms with Gasteiger partial charge in [-0.2, -0.15) is 0 Å². The normalized spacial score (nSPS) is 17.6. The van der Waals surface area contributed by atoms with Crippen molar-refractivity contribution in [2.24, 2.45) is 0 Å². The second-order valence-corrected chi connectivity index (χ2v) is 12.8. The Morgan fingerprint density at radius 2 is 1.75 bits per heavy atom. The zero-order valence-electron chi connectivity index (χ0n) is 20.2. The Morgan fingerprint density at radius 3 is 2.35 bits per heavy atom. The molecule has 0 spiro atoms. The van der Waals surface area contributed by atoms with Crippen molar-refractivity contribution in [3.63, 3.8) is 0 Å². The van der Waals surface area contributed by atoms with Crippen LogP contribution in [0.1, 0.15) is 24.4 Å². The zero-order valence-corrected chi connectivity index (χ0v) is 23.3. The van der Waals surface area contributed by atoms with Gasteiger partial charge in [-0.25, -0.2) is 13.4 Å². The van der Waals surface area contributed by atoms with Crippen molar-refractivity contribution in [1.82, 2.24) is 4.98 Å². The number of carbonyl (C=O) groups is 2. The van der Waals surface area contributed by atoms with Gasteiger partial charge in [-0.3, -0.25) is 24.6 Å². The topological polar surface area (TPSA) is 148 Å². The Morgan fingerprint density at radius 1 is 1.07 bits per heavy atom. The first-order chi connectivity index (χ1) is 19.0. The van der Waals surface area contributed by atoms with E-state index in [1.54, 1.807) is 36.4 Å². The summed E-state index contributed by atoms with van der Waals surface area (Å²) in [6, 6.07) is 9.52. The summed E-state index contributed by atoms with van der Waals surface area (Å²) < 4.78 is 26.2. The molecule has 0 bridgehead atoms. The Kier molecular flexibility index (Phi) is 7.36. The van der Waals surface area contributed by atoms with Crippen molar-refractivity contribution in [1.29, 1.82) is 0 Å². The third kappa shape index (κ3) is 4.94. The minimum atomic E-state index is -4.15. The molecule has 5 rings (SSSR count). The van der Waals surface area contributed by atoms with Gasteiger partial charge in [-0.05, 0) is 48.7 Å². The number of rotatable bonds is 7. The van der Waals surface area contributed by atoms with E-state index >= 15 is 0 Å². The number of sulfone groups is 1.